The summed E-state index contributed by atoms with van der Waals surface area (Å²) in [7, 11) is 3.09. The van der Waals surface area contributed by atoms with Crippen LogP contribution in [0, 0.1) is 5.92 Å². The zero-order valence-electron chi connectivity index (χ0n) is 18.4. The zero-order valence-corrected chi connectivity index (χ0v) is 18.4. The van der Waals surface area contributed by atoms with Gasteiger partial charge < -0.3 is 29.4 Å². The number of anilines is 1. The van der Waals surface area contributed by atoms with Gasteiger partial charge in [-0.25, -0.2) is 4.79 Å². The molecule has 2 heterocycles. The molecule has 1 unspecified atom stereocenters. The minimum absolute atomic E-state index is 0.125. The molecule has 1 aromatic heterocycles. The van der Waals surface area contributed by atoms with E-state index in [4.69, 9.17) is 14.2 Å². The molecule has 0 spiro atoms. The lowest BCUT2D eigenvalue weighted by atomic mass is 9.99. The number of hydrogen-bond acceptors (Lipinski definition) is 5. The molecule has 2 aromatic rings. The van der Waals surface area contributed by atoms with E-state index in [1.807, 2.05) is 6.92 Å². The smallest absolute Gasteiger partial charge is 0.356 e. The van der Waals surface area contributed by atoms with E-state index in [1.54, 1.807) is 33.3 Å². The van der Waals surface area contributed by atoms with Crippen molar-refractivity contribution in [1.82, 2.24) is 4.98 Å². The molecule has 3 rings (SSSR count). The predicted octanol–water partition coefficient (Wildman–Crippen LogP) is 2.00. The van der Waals surface area contributed by atoms with Crippen molar-refractivity contribution in [3.8, 4) is 11.5 Å². The molecule has 30 heavy (non-hydrogen) atoms. The third kappa shape index (κ3) is 4.38. The molecule has 8 nitrogen and oxygen atoms in total. The number of methoxy groups -OCH3 is 2. The Hall–Kier alpha value is -2.74. The van der Waals surface area contributed by atoms with Crippen LogP contribution in [-0.2, 0) is 9.53 Å². The number of carbonyl (C=O) groups excluding carboxylic acids is 2. The van der Waals surface area contributed by atoms with Crippen LogP contribution in [0.25, 0.3) is 10.9 Å². The highest BCUT2D eigenvalue weighted by molar-refractivity contribution is 6.12. The molecule has 3 N–H and O–H groups in total. The van der Waals surface area contributed by atoms with E-state index in [2.05, 4.69) is 17.2 Å². The molecular weight excluding hydrogens is 386 g/mol. The van der Waals surface area contributed by atoms with Crippen LogP contribution in [0.4, 0.5) is 5.69 Å². The van der Waals surface area contributed by atoms with E-state index in [-0.39, 0.29) is 24.2 Å². The fourth-order valence-corrected chi connectivity index (χ4v) is 4.15. The highest BCUT2D eigenvalue weighted by Gasteiger charge is 2.31. The Labute approximate surface area is 176 Å². The van der Waals surface area contributed by atoms with Gasteiger partial charge in [-0.15, -0.1) is 0 Å². The molecule has 0 saturated carbocycles. The van der Waals surface area contributed by atoms with E-state index in [1.165, 1.54) is 11.3 Å². The maximum atomic E-state index is 13.1. The van der Waals surface area contributed by atoms with Gasteiger partial charge in [-0.05, 0) is 32.8 Å². The van der Waals surface area contributed by atoms with E-state index in [0.29, 0.717) is 34.0 Å². The van der Waals surface area contributed by atoms with Gasteiger partial charge in [0, 0.05) is 17.4 Å². The van der Waals surface area contributed by atoms with Gasteiger partial charge in [0.1, 0.15) is 5.69 Å². The van der Waals surface area contributed by atoms with E-state index < -0.39 is 5.97 Å². The summed E-state index contributed by atoms with van der Waals surface area (Å²) >= 11 is 0. The first-order chi connectivity index (χ1) is 14.4. The molecule has 1 aromatic carbocycles. The number of fused-ring (bicyclic) bond motifs is 1. The van der Waals surface area contributed by atoms with Gasteiger partial charge in [-0.2, -0.15) is 0 Å². The van der Waals surface area contributed by atoms with Crippen LogP contribution in [0.5, 0.6) is 11.5 Å². The largest absolute Gasteiger partial charge is 0.493 e. The fraction of sp³-hybridized carbons (Fsp3) is 0.545. The summed E-state index contributed by atoms with van der Waals surface area (Å²) in [5.41, 5.74) is 1.27. The predicted molar refractivity (Wildman–Crippen MR) is 115 cm³/mol. The van der Waals surface area contributed by atoms with E-state index in [0.717, 1.165) is 19.5 Å². The molecule has 164 valence electrons. The van der Waals surface area contributed by atoms with Gasteiger partial charge in [-0.3, -0.25) is 4.79 Å². The summed E-state index contributed by atoms with van der Waals surface area (Å²) in [6, 6.07) is 3.27. The van der Waals surface area contributed by atoms with Gasteiger partial charge in [0.05, 0.1) is 45.1 Å². The molecule has 1 aliphatic rings. The number of benzene rings is 1. The summed E-state index contributed by atoms with van der Waals surface area (Å²) in [6.45, 7) is 8.09. The quantitative estimate of drug-likeness (QED) is 0.598. The van der Waals surface area contributed by atoms with Crippen LogP contribution in [0.3, 0.4) is 0 Å². The number of esters is 1. The lowest BCUT2D eigenvalue weighted by Gasteiger charge is -2.31. The second-order valence-corrected chi connectivity index (χ2v) is 7.92. The first kappa shape index (κ1) is 22.0. The molecular formula is C22H32N3O5+. The Morgan fingerprint density at radius 3 is 2.60 bits per heavy atom. The van der Waals surface area contributed by atoms with E-state index in [9.17, 15) is 9.59 Å². The Morgan fingerprint density at radius 1 is 1.27 bits per heavy atom. The van der Waals surface area contributed by atoms with Gasteiger partial charge in [0.25, 0.3) is 5.91 Å². The maximum absolute atomic E-state index is 13.1. The van der Waals surface area contributed by atoms with Crippen LogP contribution in [0.1, 0.15) is 44.1 Å². The summed E-state index contributed by atoms with van der Waals surface area (Å²) < 4.78 is 16.0. The Kier molecular flexibility index (Phi) is 6.87. The summed E-state index contributed by atoms with van der Waals surface area (Å²) in [4.78, 5) is 30.0. The number of amides is 1. The Balaban J connectivity index is 1.98. The molecule has 3 atom stereocenters. The number of likely N-dealkylation sites (tertiary alicyclic amines) is 1. The number of nitrogens with one attached hydrogen (secondary N) is 3. The zero-order chi connectivity index (χ0) is 21.8. The van der Waals surface area contributed by atoms with Crippen molar-refractivity contribution in [3.05, 3.63) is 17.8 Å². The second-order valence-electron chi connectivity index (χ2n) is 7.92. The monoisotopic (exact) mass is 418 g/mol. The van der Waals surface area contributed by atoms with Crippen LogP contribution in [0.15, 0.2) is 12.1 Å². The van der Waals surface area contributed by atoms with Crippen molar-refractivity contribution in [2.75, 3.05) is 39.2 Å². The average Bonchev–Trinajstić information content (AvgIpc) is 3.09. The van der Waals surface area contributed by atoms with E-state index >= 15 is 0 Å². The SMILES string of the molecule is CCOC(=O)c1[nH]c2cc(OC)c(OC)cc2c1NC(=O)[C@@H](C)[NH+]1CCC[C@@H](C)C1. The van der Waals surface area contributed by atoms with Crippen molar-refractivity contribution < 1.29 is 28.7 Å². The molecule has 1 saturated heterocycles. The van der Waals surface area contributed by atoms with Crippen molar-refractivity contribution in [2.45, 2.75) is 39.7 Å². The average molecular weight is 419 g/mol. The molecule has 1 aliphatic heterocycles. The number of rotatable bonds is 7. The van der Waals surface area contributed by atoms with Crippen LogP contribution < -0.4 is 19.7 Å². The van der Waals surface area contributed by atoms with Gasteiger partial charge >= 0.3 is 5.97 Å². The van der Waals surface area contributed by atoms with Gasteiger partial charge in [0.2, 0.25) is 0 Å². The van der Waals surface area contributed by atoms with Crippen molar-refractivity contribution in [2.24, 2.45) is 5.92 Å². The standard InChI is InChI=1S/C22H31N3O5/c1-6-30-22(27)20-19(15-10-17(28-4)18(29-5)11-16(15)23-20)24-21(26)14(3)25-9-7-8-13(2)12-25/h10-11,13-14,23H,6-9,12H2,1-5H3,(H,24,26)/p+1/t13-,14-/m1/s1. The molecule has 0 radical (unpaired) electrons. The maximum Gasteiger partial charge on any atom is 0.356 e. The number of H-pyrrole nitrogens is 1. The highest BCUT2D eigenvalue weighted by atomic mass is 16.5. The number of ether oxygens (including phenoxy) is 3. The molecule has 0 aliphatic carbocycles. The van der Waals surface area contributed by atoms with Gasteiger partial charge in [0.15, 0.2) is 17.5 Å². The minimum atomic E-state index is -0.520. The van der Waals surface area contributed by atoms with Crippen molar-refractivity contribution in [3.63, 3.8) is 0 Å². The highest BCUT2D eigenvalue weighted by Crippen LogP contribution is 2.37. The second kappa shape index (κ2) is 9.38. The van der Waals surface area contributed by atoms with Crippen molar-refractivity contribution in [1.29, 1.82) is 0 Å². The number of carbonyl (C=O) groups is 2. The number of aromatic nitrogens is 1. The first-order valence-corrected chi connectivity index (χ1v) is 10.5. The Bertz CT molecular complexity index is 923. The topological polar surface area (TPSA) is 94.1 Å². The lowest BCUT2D eigenvalue weighted by molar-refractivity contribution is -0.922. The lowest BCUT2D eigenvalue weighted by Crippen LogP contribution is -3.17. The minimum Gasteiger partial charge on any atom is -0.493 e. The molecule has 1 amide bonds. The molecule has 0 bridgehead atoms. The summed E-state index contributed by atoms with van der Waals surface area (Å²) in [5, 5.41) is 3.65. The third-order valence-corrected chi connectivity index (χ3v) is 5.84. The third-order valence-electron chi connectivity index (χ3n) is 5.84. The summed E-state index contributed by atoms with van der Waals surface area (Å²) in [5.74, 6) is 0.996. The number of piperidine rings is 1. The van der Waals surface area contributed by atoms with Gasteiger partial charge in [-0.1, -0.05) is 6.92 Å². The van der Waals surface area contributed by atoms with Crippen LogP contribution in [-0.4, -0.2) is 56.8 Å². The normalized spacial score (nSPS) is 19.9. The Morgan fingerprint density at radius 2 is 1.97 bits per heavy atom. The van der Waals surface area contributed by atoms with Crippen LogP contribution in [0.2, 0.25) is 0 Å². The van der Waals surface area contributed by atoms with Crippen molar-refractivity contribution >= 4 is 28.5 Å². The van der Waals surface area contributed by atoms with Crippen LogP contribution >= 0.6 is 0 Å². The molecule has 8 heteroatoms. The fourth-order valence-electron chi connectivity index (χ4n) is 4.15. The number of hydrogen-bond donors (Lipinski definition) is 3. The summed E-state index contributed by atoms with van der Waals surface area (Å²) in [6.07, 6.45) is 2.32. The number of quaternary nitrogens is 1. The molecule has 1 fully saturated rings. The number of aromatic amines is 1. The first-order valence-electron chi connectivity index (χ1n) is 10.5.